The maximum atomic E-state index is 10.5. The average Bonchev–Trinajstić information content (AvgIpc) is 2.17. The largest absolute Gasteiger partial charge is 0.480 e. The third kappa shape index (κ3) is 3.27. The number of rotatable bonds is 4. The molecule has 1 saturated heterocycles. The van der Waals surface area contributed by atoms with Crippen molar-refractivity contribution in [1.29, 1.82) is 0 Å². The standard InChI is InChI=1S/C10H20N2O2/c1-3-9(2)12-6-4-11(5-7-12)8-10(13)14/h9H,3-8H2,1-2H3,(H,13,14). The van der Waals surface area contributed by atoms with E-state index in [4.69, 9.17) is 5.11 Å². The van der Waals surface area contributed by atoms with Gasteiger partial charge in [-0.1, -0.05) is 6.92 Å². The van der Waals surface area contributed by atoms with Crippen LogP contribution < -0.4 is 0 Å². The molecule has 0 amide bonds. The van der Waals surface area contributed by atoms with Crippen LogP contribution in [0.25, 0.3) is 0 Å². The third-order valence-electron chi connectivity index (χ3n) is 2.98. The summed E-state index contributed by atoms with van der Waals surface area (Å²) >= 11 is 0. The van der Waals surface area contributed by atoms with Gasteiger partial charge in [0.25, 0.3) is 0 Å². The molecule has 1 aliphatic heterocycles. The quantitative estimate of drug-likeness (QED) is 0.717. The minimum atomic E-state index is -0.720. The molecular weight excluding hydrogens is 180 g/mol. The molecular formula is C10H20N2O2. The molecule has 1 heterocycles. The first-order valence-electron chi connectivity index (χ1n) is 5.31. The SMILES string of the molecule is CCC(C)N1CCN(CC(=O)O)CC1. The van der Waals surface area contributed by atoms with Gasteiger partial charge in [0, 0.05) is 32.2 Å². The Morgan fingerprint density at radius 1 is 1.36 bits per heavy atom. The van der Waals surface area contributed by atoms with Crippen molar-refractivity contribution < 1.29 is 9.90 Å². The number of carbonyl (C=O) groups is 1. The van der Waals surface area contributed by atoms with Gasteiger partial charge in [0.2, 0.25) is 0 Å². The molecule has 0 aromatic heterocycles. The Hall–Kier alpha value is -0.610. The molecule has 4 heteroatoms. The number of aliphatic carboxylic acids is 1. The molecule has 0 aromatic rings. The van der Waals surface area contributed by atoms with Gasteiger partial charge < -0.3 is 5.11 Å². The lowest BCUT2D eigenvalue weighted by Crippen LogP contribution is -2.50. The molecule has 1 unspecified atom stereocenters. The van der Waals surface area contributed by atoms with Gasteiger partial charge in [-0.15, -0.1) is 0 Å². The molecule has 4 nitrogen and oxygen atoms in total. The molecule has 0 saturated carbocycles. The zero-order valence-electron chi connectivity index (χ0n) is 9.07. The maximum absolute atomic E-state index is 10.5. The van der Waals surface area contributed by atoms with Crippen LogP contribution in [0.4, 0.5) is 0 Å². The zero-order valence-corrected chi connectivity index (χ0v) is 9.07. The summed E-state index contributed by atoms with van der Waals surface area (Å²) in [5.74, 6) is -0.720. The van der Waals surface area contributed by atoms with Crippen molar-refractivity contribution in [2.45, 2.75) is 26.3 Å². The summed E-state index contributed by atoms with van der Waals surface area (Å²) in [4.78, 5) is 14.9. The van der Waals surface area contributed by atoms with Crippen molar-refractivity contribution in [2.75, 3.05) is 32.7 Å². The minimum absolute atomic E-state index is 0.189. The van der Waals surface area contributed by atoms with Gasteiger partial charge in [0.15, 0.2) is 0 Å². The summed E-state index contributed by atoms with van der Waals surface area (Å²) in [5.41, 5.74) is 0. The Balaban J connectivity index is 2.27. The van der Waals surface area contributed by atoms with E-state index in [1.54, 1.807) is 0 Å². The van der Waals surface area contributed by atoms with Crippen LogP contribution in [0.3, 0.4) is 0 Å². The van der Waals surface area contributed by atoms with E-state index in [0.717, 1.165) is 26.2 Å². The lowest BCUT2D eigenvalue weighted by molar-refractivity contribution is -0.138. The Kier molecular flexibility index (Phi) is 4.35. The molecule has 82 valence electrons. The topological polar surface area (TPSA) is 43.8 Å². The number of carboxylic acids is 1. The van der Waals surface area contributed by atoms with Crippen LogP contribution >= 0.6 is 0 Å². The number of piperazine rings is 1. The fourth-order valence-corrected chi connectivity index (χ4v) is 1.81. The second-order valence-corrected chi connectivity index (χ2v) is 3.96. The first kappa shape index (κ1) is 11.5. The van der Waals surface area contributed by atoms with Gasteiger partial charge in [0.1, 0.15) is 0 Å². The Morgan fingerprint density at radius 2 is 1.93 bits per heavy atom. The highest BCUT2D eigenvalue weighted by atomic mass is 16.4. The van der Waals surface area contributed by atoms with E-state index in [2.05, 4.69) is 18.7 Å². The average molecular weight is 200 g/mol. The fraction of sp³-hybridized carbons (Fsp3) is 0.900. The van der Waals surface area contributed by atoms with E-state index >= 15 is 0 Å². The van der Waals surface area contributed by atoms with Crippen molar-refractivity contribution >= 4 is 5.97 Å². The van der Waals surface area contributed by atoms with E-state index in [9.17, 15) is 4.79 Å². The normalized spacial score (nSPS) is 22.1. The molecule has 1 aliphatic rings. The molecule has 0 radical (unpaired) electrons. The molecule has 1 atom stereocenters. The lowest BCUT2D eigenvalue weighted by atomic mass is 10.2. The predicted molar refractivity (Wildman–Crippen MR) is 55.4 cm³/mol. The first-order valence-corrected chi connectivity index (χ1v) is 5.31. The van der Waals surface area contributed by atoms with Crippen molar-refractivity contribution in [3.8, 4) is 0 Å². The summed E-state index contributed by atoms with van der Waals surface area (Å²) in [5, 5.41) is 8.63. The van der Waals surface area contributed by atoms with E-state index in [0.29, 0.717) is 6.04 Å². The molecule has 1 rings (SSSR count). The second-order valence-electron chi connectivity index (χ2n) is 3.96. The minimum Gasteiger partial charge on any atom is -0.480 e. The van der Waals surface area contributed by atoms with Gasteiger partial charge in [-0.3, -0.25) is 14.6 Å². The smallest absolute Gasteiger partial charge is 0.317 e. The highest BCUT2D eigenvalue weighted by Crippen LogP contribution is 2.08. The van der Waals surface area contributed by atoms with E-state index in [-0.39, 0.29) is 6.54 Å². The van der Waals surface area contributed by atoms with Crippen LogP contribution in [0, 0.1) is 0 Å². The van der Waals surface area contributed by atoms with E-state index < -0.39 is 5.97 Å². The molecule has 1 N–H and O–H groups in total. The van der Waals surface area contributed by atoms with E-state index in [1.165, 1.54) is 6.42 Å². The molecule has 0 spiro atoms. The Bertz CT molecular complexity index is 189. The van der Waals surface area contributed by atoms with Crippen molar-refractivity contribution in [3.05, 3.63) is 0 Å². The summed E-state index contributed by atoms with van der Waals surface area (Å²) < 4.78 is 0. The summed E-state index contributed by atoms with van der Waals surface area (Å²) in [6.07, 6.45) is 1.17. The van der Waals surface area contributed by atoms with Crippen molar-refractivity contribution in [3.63, 3.8) is 0 Å². The van der Waals surface area contributed by atoms with Crippen LogP contribution in [0.1, 0.15) is 20.3 Å². The van der Waals surface area contributed by atoms with Crippen LogP contribution in [-0.4, -0.2) is 59.6 Å². The van der Waals surface area contributed by atoms with Crippen molar-refractivity contribution in [2.24, 2.45) is 0 Å². The molecule has 0 aliphatic carbocycles. The van der Waals surface area contributed by atoms with E-state index in [1.807, 2.05) is 4.90 Å². The molecule has 14 heavy (non-hydrogen) atoms. The van der Waals surface area contributed by atoms with Crippen LogP contribution in [-0.2, 0) is 4.79 Å². The molecule has 0 bridgehead atoms. The number of carboxylic acid groups (broad SMARTS) is 1. The number of hydrogen-bond donors (Lipinski definition) is 1. The fourth-order valence-electron chi connectivity index (χ4n) is 1.81. The maximum Gasteiger partial charge on any atom is 0.317 e. The highest BCUT2D eigenvalue weighted by molar-refractivity contribution is 5.69. The zero-order chi connectivity index (χ0) is 10.6. The van der Waals surface area contributed by atoms with Crippen LogP contribution in [0.15, 0.2) is 0 Å². The third-order valence-corrected chi connectivity index (χ3v) is 2.98. The molecule has 0 aromatic carbocycles. The van der Waals surface area contributed by atoms with Crippen LogP contribution in [0.2, 0.25) is 0 Å². The second kappa shape index (κ2) is 5.32. The summed E-state index contributed by atoms with van der Waals surface area (Å²) in [6.45, 7) is 8.38. The predicted octanol–water partition coefficient (Wildman–Crippen LogP) is 0.487. The summed E-state index contributed by atoms with van der Waals surface area (Å²) in [6, 6.07) is 0.627. The van der Waals surface area contributed by atoms with Gasteiger partial charge >= 0.3 is 5.97 Å². The molecule has 1 fully saturated rings. The lowest BCUT2D eigenvalue weighted by Gasteiger charge is -2.37. The Labute approximate surface area is 85.5 Å². The van der Waals surface area contributed by atoms with Crippen LogP contribution in [0.5, 0.6) is 0 Å². The van der Waals surface area contributed by atoms with Gasteiger partial charge in [-0.05, 0) is 13.3 Å². The number of nitrogens with zero attached hydrogens (tertiary/aromatic N) is 2. The first-order chi connectivity index (χ1) is 6.63. The Morgan fingerprint density at radius 3 is 2.36 bits per heavy atom. The number of hydrogen-bond acceptors (Lipinski definition) is 3. The van der Waals surface area contributed by atoms with Gasteiger partial charge in [-0.25, -0.2) is 0 Å². The monoisotopic (exact) mass is 200 g/mol. The highest BCUT2D eigenvalue weighted by Gasteiger charge is 2.20. The van der Waals surface area contributed by atoms with Crippen molar-refractivity contribution in [1.82, 2.24) is 9.80 Å². The van der Waals surface area contributed by atoms with Gasteiger partial charge in [0.05, 0.1) is 6.54 Å². The van der Waals surface area contributed by atoms with Gasteiger partial charge in [-0.2, -0.15) is 0 Å². The summed E-state index contributed by atoms with van der Waals surface area (Å²) in [7, 11) is 0.